The first-order chi connectivity index (χ1) is 8.95. The van der Waals surface area contributed by atoms with Gasteiger partial charge in [-0.2, -0.15) is 0 Å². The second-order valence-electron chi connectivity index (χ2n) is 4.06. The number of nitrogens with zero attached hydrogens (tertiary/aromatic N) is 1. The molecule has 104 valence electrons. The lowest BCUT2D eigenvalue weighted by atomic mass is 10.1. The summed E-state index contributed by atoms with van der Waals surface area (Å²) >= 11 is 0. The van der Waals surface area contributed by atoms with Gasteiger partial charge < -0.3 is 21.0 Å². The van der Waals surface area contributed by atoms with E-state index in [1.54, 1.807) is 13.8 Å². The van der Waals surface area contributed by atoms with Crippen molar-refractivity contribution in [3.8, 4) is 0 Å². The topological polar surface area (TPSA) is 96.9 Å². The van der Waals surface area contributed by atoms with Crippen LogP contribution in [0, 0.1) is 5.82 Å². The second kappa shape index (κ2) is 6.69. The van der Waals surface area contributed by atoms with Gasteiger partial charge in [-0.15, -0.1) is 0 Å². The first-order valence-corrected chi connectivity index (χ1v) is 5.63. The molecule has 6 nitrogen and oxygen atoms in total. The zero-order valence-electron chi connectivity index (χ0n) is 10.7. The third-order valence-corrected chi connectivity index (χ3v) is 2.20. The number of ether oxygens (including phenoxy) is 1. The molecule has 1 aromatic carbocycles. The highest BCUT2D eigenvalue weighted by Crippen LogP contribution is 2.18. The summed E-state index contributed by atoms with van der Waals surface area (Å²) in [5.41, 5.74) is 5.33. The van der Waals surface area contributed by atoms with Crippen LogP contribution in [0.2, 0.25) is 0 Å². The van der Waals surface area contributed by atoms with Gasteiger partial charge in [0.1, 0.15) is 12.4 Å². The maximum Gasteiger partial charge on any atom is 0.250 e. The molecule has 0 aliphatic carbocycles. The summed E-state index contributed by atoms with van der Waals surface area (Å²) in [5, 5.41) is 13.8. The fourth-order valence-corrected chi connectivity index (χ4v) is 1.37. The average Bonchev–Trinajstić information content (AvgIpc) is 2.36. The van der Waals surface area contributed by atoms with E-state index in [2.05, 4.69) is 10.5 Å². The number of halogens is 1. The van der Waals surface area contributed by atoms with Crippen LogP contribution >= 0.6 is 0 Å². The van der Waals surface area contributed by atoms with E-state index in [9.17, 15) is 9.18 Å². The number of hydrogen-bond donors (Lipinski definition) is 3. The van der Waals surface area contributed by atoms with Gasteiger partial charge in [0.2, 0.25) is 5.91 Å². The SMILES string of the molecule is CC(C)OCC(=O)Nc1cccc(F)c1/C(N)=N/O. The van der Waals surface area contributed by atoms with E-state index in [4.69, 9.17) is 15.7 Å². The summed E-state index contributed by atoms with van der Waals surface area (Å²) in [4.78, 5) is 11.6. The van der Waals surface area contributed by atoms with Crippen LogP contribution in [-0.4, -0.2) is 29.7 Å². The summed E-state index contributed by atoms with van der Waals surface area (Å²) in [7, 11) is 0. The van der Waals surface area contributed by atoms with E-state index < -0.39 is 17.6 Å². The van der Waals surface area contributed by atoms with Crippen molar-refractivity contribution in [3.63, 3.8) is 0 Å². The van der Waals surface area contributed by atoms with Gasteiger partial charge in [0, 0.05) is 0 Å². The maximum absolute atomic E-state index is 13.6. The highest BCUT2D eigenvalue weighted by atomic mass is 19.1. The molecular formula is C12H16FN3O3. The van der Waals surface area contributed by atoms with E-state index in [0.29, 0.717) is 0 Å². The van der Waals surface area contributed by atoms with Crippen LogP contribution in [-0.2, 0) is 9.53 Å². The number of anilines is 1. The standard InChI is InChI=1S/C12H16FN3O3/c1-7(2)19-6-10(17)15-9-5-3-4-8(13)11(9)12(14)16-18/h3-5,7,18H,6H2,1-2H3,(H2,14,16)(H,15,17). The Bertz CT molecular complexity index is 489. The molecule has 0 atom stereocenters. The molecule has 0 aromatic heterocycles. The molecule has 0 radical (unpaired) electrons. The number of hydrogen-bond acceptors (Lipinski definition) is 4. The first-order valence-electron chi connectivity index (χ1n) is 5.63. The summed E-state index contributed by atoms with van der Waals surface area (Å²) in [6.45, 7) is 3.42. The van der Waals surface area contributed by atoms with Crippen molar-refractivity contribution in [1.82, 2.24) is 0 Å². The Morgan fingerprint density at radius 3 is 2.84 bits per heavy atom. The number of carbonyl (C=O) groups is 1. The molecule has 0 bridgehead atoms. The monoisotopic (exact) mass is 269 g/mol. The maximum atomic E-state index is 13.6. The number of nitrogens with two attached hydrogens (primary N) is 1. The van der Waals surface area contributed by atoms with Gasteiger partial charge in [-0.3, -0.25) is 4.79 Å². The van der Waals surface area contributed by atoms with Gasteiger partial charge in [-0.25, -0.2) is 4.39 Å². The fraction of sp³-hybridized carbons (Fsp3) is 0.333. The molecule has 0 aliphatic rings. The minimum Gasteiger partial charge on any atom is -0.409 e. The molecule has 1 amide bonds. The molecule has 0 heterocycles. The molecule has 0 aliphatic heterocycles. The van der Waals surface area contributed by atoms with E-state index in [0.717, 1.165) is 6.07 Å². The molecule has 0 spiro atoms. The molecule has 0 fully saturated rings. The molecule has 0 unspecified atom stereocenters. The molecule has 1 aromatic rings. The van der Waals surface area contributed by atoms with Crippen molar-refractivity contribution in [3.05, 3.63) is 29.6 Å². The van der Waals surface area contributed by atoms with Gasteiger partial charge in [-0.1, -0.05) is 11.2 Å². The smallest absolute Gasteiger partial charge is 0.250 e. The Labute approximate surface area is 110 Å². The summed E-state index contributed by atoms with van der Waals surface area (Å²) in [5.74, 6) is -1.57. The van der Waals surface area contributed by atoms with Crippen LogP contribution in [0.25, 0.3) is 0 Å². The Balaban J connectivity index is 2.89. The molecule has 4 N–H and O–H groups in total. The molecular weight excluding hydrogens is 253 g/mol. The first kappa shape index (κ1) is 14.9. The van der Waals surface area contributed by atoms with Gasteiger partial charge in [0.15, 0.2) is 5.84 Å². The Morgan fingerprint density at radius 2 is 2.26 bits per heavy atom. The van der Waals surface area contributed by atoms with Crippen molar-refractivity contribution in [1.29, 1.82) is 0 Å². The average molecular weight is 269 g/mol. The van der Waals surface area contributed by atoms with E-state index in [1.807, 2.05) is 0 Å². The van der Waals surface area contributed by atoms with Crippen LogP contribution in [0.15, 0.2) is 23.4 Å². The molecule has 0 saturated heterocycles. The zero-order valence-corrected chi connectivity index (χ0v) is 10.7. The van der Waals surface area contributed by atoms with Gasteiger partial charge in [0.05, 0.1) is 17.4 Å². The van der Waals surface area contributed by atoms with Crippen LogP contribution in [0.5, 0.6) is 0 Å². The van der Waals surface area contributed by atoms with E-state index in [-0.39, 0.29) is 24.0 Å². The lowest BCUT2D eigenvalue weighted by Gasteiger charge is -2.12. The molecule has 19 heavy (non-hydrogen) atoms. The molecule has 1 rings (SSSR count). The number of nitrogens with one attached hydrogen (secondary N) is 1. The predicted octanol–water partition coefficient (Wildman–Crippen LogP) is 1.28. The van der Waals surface area contributed by atoms with Gasteiger partial charge in [0.25, 0.3) is 0 Å². The predicted molar refractivity (Wildman–Crippen MR) is 68.6 cm³/mol. The van der Waals surface area contributed by atoms with Crippen molar-refractivity contribution >= 4 is 17.4 Å². The van der Waals surface area contributed by atoms with Gasteiger partial charge in [-0.05, 0) is 26.0 Å². The largest absolute Gasteiger partial charge is 0.409 e. The number of carbonyl (C=O) groups excluding carboxylic acids is 1. The lowest BCUT2D eigenvalue weighted by Crippen LogP contribution is -2.24. The third-order valence-electron chi connectivity index (χ3n) is 2.20. The van der Waals surface area contributed by atoms with E-state index >= 15 is 0 Å². The van der Waals surface area contributed by atoms with Crippen LogP contribution in [0.3, 0.4) is 0 Å². The van der Waals surface area contributed by atoms with Crippen molar-refractivity contribution in [2.75, 3.05) is 11.9 Å². The summed E-state index contributed by atoms with van der Waals surface area (Å²) in [6.07, 6.45) is -0.0956. The number of amidine groups is 1. The van der Waals surface area contributed by atoms with Crippen LogP contribution in [0.4, 0.5) is 10.1 Å². The Hall–Kier alpha value is -2.15. The lowest BCUT2D eigenvalue weighted by molar-refractivity contribution is -0.121. The fourth-order valence-electron chi connectivity index (χ4n) is 1.37. The molecule has 0 saturated carbocycles. The quantitative estimate of drug-likeness (QED) is 0.325. The highest BCUT2D eigenvalue weighted by Gasteiger charge is 2.15. The second-order valence-corrected chi connectivity index (χ2v) is 4.06. The van der Waals surface area contributed by atoms with Crippen LogP contribution < -0.4 is 11.1 Å². The zero-order chi connectivity index (χ0) is 14.4. The number of benzene rings is 1. The van der Waals surface area contributed by atoms with Gasteiger partial charge >= 0.3 is 0 Å². The van der Waals surface area contributed by atoms with E-state index in [1.165, 1.54) is 12.1 Å². The minimum atomic E-state index is -0.696. The Morgan fingerprint density at radius 1 is 1.58 bits per heavy atom. The van der Waals surface area contributed by atoms with Crippen molar-refractivity contribution in [2.24, 2.45) is 10.9 Å². The number of rotatable bonds is 5. The number of amides is 1. The Kier molecular flexibility index (Phi) is 5.25. The normalized spacial score (nSPS) is 11.7. The van der Waals surface area contributed by atoms with Crippen LogP contribution in [0.1, 0.15) is 19.4 Å². The summed E-state index contributed by atoms with van der Waals surface area (Å²) < 4.78 is 18.7. The van der Waals surface area contributed by atoms with Crippen molar-refractivity contribution in [2.45, 2.75) is 20.0 Å². The third kappa shape index (κ3) is 4.22. The van der Waals surface area contributed by atoms with Crippen molar-refractivity contribution < 1.29 is 19.1 Å². The summed E-state index contributed by atoms with van der Waals surface area (Å²) in [6, 6.07) is 4.00. The minimum absolute atomic E-state index is 0.0956. The highest BCUT2D eigenvalue weighted by molar-refractivity contribution is 6.05. The molecule has 7 heteroatoms. The number of oxime groups is 1.